The molecule has 0 fully saturated rings. The normalized spacial score (nSPS) is 12.3. The van der Waals surface area contributed by atoms with E-state index in [0.717, 1.165) is 0 Å². The lowest BCUT2D eigenvalue weighted by molar-refractivity contribution is -0.0626. The predicted octanol–water partition coefficient (Wildman–Crippen LogP) is 3.61. The zero-order chi connectivity index (χ0) is 17.0. The molecule has 0 saturated heterocycles. The van der Waals surface area contributed by atoms with Crippen molar-refractivity contribution in [2.75, 3.05) is 0 Å². The van der Waals surface area contributed by atoms with Gasteiger partial charge in [-0.3, -0.25) is 0 Å². The van der Waals surface area contributed by atoms with Crippen molar-refractivity contribution >= 4 is 11.7 Å². The van der Waals surface area contributed by atoms with Crippen molar-refractivity contribution in [3.63, 3.8) is 0 Å². The SMILES string of the molecule is Cc1noc(C)c1C(=O)O/N=C(\Cc1ccccc1)C(F)(F)F. The van der Waals surface area contributed by atoms with Crippen LogP contribution in [-0.2, 0) is 11.3 Å². The van der Waals surface area contributed by atoms with Crippen molar-refractivity contribution in [2.24, 2.45) is 5.16 Å². The van der Waals surface area contributed by atoms with Crippen LogP contribution in [0, 0.1) is 13.8 Å². The summed E-state index contributed by atoms with van der Waals surface area (Å²) >= 11 is 0. The first-order chi connectivity index (χ1) is 10.8. The lowest BCUT2D eigenvalue weighted by Gasteiger charge is -2.09. The second kappa shape index (κ2) is 6.64. The van der Waals surface area contributed by atoms with Gasteiger partial charge in [-0.1, -0.05) is 40.6 Å². The van der Waals surface area contributed by atoms with Crippen LogP contribution in [0.2, 0.25) is 0 Å². The van der Waals surface area contributed by atoms with E-state index >= 15 is 0 Å². The van der Waals surface area contributed by atoms with Gasteiger partial charge in [0.15, 0.2) is 5.71 Å². The number of nitrogens with zero attached hydrogens (tertiary/aromatic N) is 2. The van der Waals surface area contributed by atoms with Crippen molar-refractivity contribution in [3.8, 4) is 0 Å². The summed E-state index contributed by atoms with van der Waals surface area (Å²) in [4.78, 5) is 16.3. The fourth-order valence-electron chi connectivity index (χ4n) is 1.89. The Bertz CT molecular complexity index is 702. The van der Waals surface area contributed by atoms with E-state index in [1.807, 2.05) is 0 Å². The molecule has 0 spiro atoms. The Balaban J connectivity index is 2.20. The number of halogens is 3. The smallest absolute Gasteiger partial charge is 0.361 e. The van der Waals surface area contributed by atoms with E-state index in [-0.39, 0.29) is 17.0 Å². The summed E-state index contributed by atoms with van der Waals surface area (Å²) in [6.45, 7) is 2.93. The van der Waals surface area contributed by atoms with Crippen LogP contribution in [0.4, 0.5) is 13.2 Å². The van der Waals surface area contributed by atoms with Gasteiger partial charge in [0, 0.05) is 6.42 Å². The number of carbonyl (C=O) groups is 1. The van der Waals surface area contributed by atoms with E-state index in [2.05, 4.69) is 15.1 Å². The summed E-state index contributed by atoms with van der Waals surface area (Å²) in [7, 11) is 0. The van der Waals surface area contributed by atoms with Crippen LogP contribution in [0.25, 0.3) is 0 Å². The number of aromatic nitrogens is 1. The van der Waals surface area contributed by atoms with Gasteiger partial charge in [0.2, 0.25) is 0 Å². The van der Waals surface area contributed by atoms with Gasteiger partial charge in [-0.2, -0.15) is 13.2 Å². The first kappa shape index (κ1) is 16.7. The molecule has 0 amide bonds. The topological polar surface area (TPSA) is 64.7 Å². The van der Waals surface area contributed by atoms with E-state index < -0.39 is 24.3 Å². The second-order valence-electron chi connectivity index (χ2n) is 4.78. The van der Waals surface area contributed by atoms with Gasteiger partial charge in [0.25, 0.3) is 0 Å². The minimum atomic E-state index is -4.71. The maximum Gasteiger partial charge on any atom is 0.433 e. The monoisotopic (exact) mass is 326 g/mol. The minimum absolute atomic E-state index is 0.0324. The van der Waals surface area contributed by atoms with E-state index in [9.17, 15) is 18.0 Å². The average Bonchev–Trinajstić information content (AvgIpc) is 2.82. The second-order valence-corrected chi connectivity index (χ2v) is 4.78. The third kappa shape index (κ3) is 4.18. The predicted molar refractivity (Wildman–Crippen MR) is 75.0 cm³/mol. The number of hydrogen-bond donors (Lipinski definition) is 0. The number of aryl methyl sites for hydroxylation is 2. The van der Waals surface area contributed by atoms with Gasteiger partial charge in [0.05, 0.1) is 5.69 Å². The minimum Gasteiger partial charge on any atom is -0.361 e. The Labute approximate surface area is 129 Å². The molecule has 0 N–H and O–H groups in total. The molecule has 122 valence electrons. The van der Waals surface area contributed by atoms with Crippen molar-refractivity contribution < 1.29 is 27.3 Å². The first-order valence-corrected chi connectivity index (χ1v) is 6.61. The molecule has 2 aromatic rings. The molecule has 1 aromatic heterocycles. The number of benzene rings is 1. The fraction of sp³-hybridized carbons (Fsp3) is 0.267. The zero-order valence-electron chi connectivity index (χ0n) is 12.3. The number of oxime groups is 1. The maximum atomic E-state index is 13.0. The maximum absolute atomic E-state index is 13.0. The van der Waals surface area contributed by atoms with Gasteiger partial charge in [-0.15, -0.1) is 0 Å². The van der Waals surface area contributed by atoms with Crippen molar-refractivity contribution in [3.05, 3.63) is 52.9 Å². The molecule has 1 heterocycles. The summed E-state index contributed by atoms with van der Waals surface area (Å²) in [5.74, 6) is -0.893. The van der Waals surface area contributed by atoms with Crippen LogP contribution in [0.5, 0.6) is 0 Å². The van der Waals surface area contributed by atoms with Crippen LogP contribution in [0.1, 0.15) is 27.4 Å². The number of hydrogen-bond acceptors (Lipinski definition) is 5. The van der Waals surface area contributed by atoms with Crippen molar-refractivity contribution in [2.45, 2.75) is 26.4 Å². The molecule has 0 saturated carbocycles. The molecule has 8 heteroatoms. The van der Waals surface area contributed by atoms with Gasteiger partial charge < -0.3 is 9.36 Å². The van der Waals surface area contributed by atoms with Gasteiger partial charge in [-0.05, 0) is 19.4 Å². The number of rotatable bonds is 4. The summed E-state index contributed by atoms with van der Waals surface area (Å²) in [5.41, 5.74) is -0.616. The Morgan fingerprint density at radius 3 is 2.43 bits per heavy atom. The molecule has 0 bridgehead atoms. The molecule has 0 unspecified atom stereocenters. The molecule has 5 nitrogen and oxygen atoms in total. The highest BCUT2D eigenvalue weighted by atomic mass is 19.4. The van der Waals surface area contributed by atoms with E-state index in [1.54, 1.807) is 18.2 Å². The van der Waals surface area contributed by atoms with E-state index in [1.165, 1.54) is 26.0 Å². The molecule has 0 aliphatic heterocycles. The Morgan fingerprint density at radius 2 is 1.91 bits per heavy atom. The molecule has 2 rings (SSSR count). The van der Waals surface area contributed by atoms with Crippen LogP contribution in [-0.4, -0.2) is 23.0 Å². The summed E-state index contributed by atoms with van der Waals surface area (Å²) in [6, 6.07) is 7.96. The number of alkyl halides is 3. The summed E-state index contributed by atoms with van der Waals surface area (Å²) in [5, 5.41) is 6.54. The van der Waals surface area contributed by atoms with Crippen molar-refractivity contribution in [1.29, 1.82) is 0 Å². The van der Waals surface area contributed by atoms with Gasteiger partial charge >= 0.3 is 12.1 Å². The highest BCUT2D eigenvalue weighted by molar-refractivity contribution is 5.94. The largest absolute Gasteiger partial charge is 0.433 e. The first-order valence-electron chi connectivity index (χ1n) is 6.61. The highest BCUT2D eigenvalue weighted by Crippen LogP contribution is 2.21. The quantitative estimate of drug-likeness (QED) is 0.489. The molecular formula is C15H13F3N2O3. The molecular weight excluding hydrogens is 313 g/mol. The van der Waals surface area contributed by atoms with Crippen LogP contribution >= 0.6 is 0 Å². The molecule has 23 heavy (non-hydrogen) atoms. The molecule has 1 aromatic carbocycles. The van der Waals surface area contributed by atoms with Crippen LogP contribution < -0.4 is 0 Å². The third-order valence-electron chi connectivity index (χ3n) is 3.02. The number of carbonyl (C=O) groups excluding carboxylic acids is 1. The lowest BCUT2D eigenvalue weighted by Crippen LogP contribution is -2.26. The van der Waals surface area contributed by atoms with Gasteiger partial charge in [-0.25, -0.2) is 4.79 Å². The Hall–Kier alpha value is -2.64. The Morgan fingerprint density at radius 1 is 1.26 bits per heavy atom. The van der Waals surface area contributed by atoms with Crippen LogP contribution in [0.15, 0.2) is 40.0 Å². The van der Waals surface area contributed by atoms with Gasteiger partial charge in [0.1, 0.15) is 11.3 Å². The van der Waals surface area contributed by atoms with Crippen molar-refractivity contribution in [1.82, 2.24) is 5.16 Å². The van der Waals surface area contributed by atoms with Crippen LogP contribution in [0.3, 0.4) is 0 Å². The van der Waals surface area contributed by atoms with E-state index in [4.69, 9.17) is 4.52 Å². The fourth-order valence-corrected chi connectivity index (χ4v) is 1.89. The Kier molecular flexibility index (Phi) is 4.83. The third-order valence-corrected chi connectivity index (χ3v) is 3.02. The molecule has 0 atom stereocenters. The molecule has 0 aliphatic carbocycles. The lowest BCUT2D eigenvalue weighted by atomic mass is 10.1. The zero-order valence-corrected chi connectivity index (χ0v) is 12.3. The standard InChI is InChI=1S/C15H13F3N2O3/c1-9-13(10(2)22-19-9)14(21)23-20-12(15(16,17)18)8-11-6-4-3-5-7-11/h3-7H,8H2,1-2H3/b20-12+. The van der Waals surface area contributed by atoms with E-state index in [0.29, 0.717) is 5.56 Å². The summed E-state index contributed by atoms with van der Waals surface area (Å²) in [6.07, 6.45) is -5.21. The highest BCUT2D eigenvalue weighted by Gasteiger charge is 2.37. The molecule has 0 aliphatic rings. The average molecular weight is 326 g/mol. The summed E-state index contributed by atoms with van der Waals surface area (Å²) < 4.78 is 43.8. The molecule has 0 radical (unpaired) electrons.